The molecule has 1 heterocycles. The fraction of sp³-hybridized carbons (Fsp3) is 0.292. The van der Waals surface area contributed by atoms with Gasteiger partial charge in [0, 0.05) is 0 Å². The summed E-state index contributed by atoms with van der Waals surface area (Å²) in [4.78, 5) is 39.6. The van der Waals surface area contributed by atoms with Gasteiger partial charge in [0.05, 0.1) is 36.7 Å². The third kappa shape index (κ3) is 2.91. The SMILES string of the molecule is COc1ccccc1NC(=O)Cc1ccc(N2C(=O)C3C4C=CC(C4)C3C2=O)cc1. The smallest absolute Gasteiger partial charge is 0.238 e. The van der Waals surface area contributed by atoms with E-state index in [1.54, 1.807) is 43.5 Å². The van der Waals surface area contributed by atoms with Crippen LogP contribution in [0.2, 0.25) is 0 Å². The van der Waals surface area contributed by atoms with Gasteiger partial charge in [0.1, 0.15) is 5.75 Å². The molecule has 4 unspecified atom stereocenters. The average molecular weight is 402 g/mol. The van der Waals surface area contributed by atoms with E-state index in [4.69, 9.17) is 4.74 Å². The van der Waals surface area contributed by atoms with Gasteiger partial charge >= 0.3 is 0 Å². The monoisotopic (exact) mass is 402 g/mol. The average Bonchev–Trinajstić information content (AvgIpc) is 3.43. The number of nitrogens with zero attached hydrogens (tertiary/aromatic N) is 1. The number of fused-ring (bicyclic) bond motifs is 5. The summed E-state index contributed by atoms with van der Waals surface area (Å²) in [5.41, 5.74) is 1.99. The zero-order valence-corrected chi connectivity index (χ0v) is 16.6. The van der Waals surface area contributed by atoms with Gasteiger partial charge in [-0.05, 0) is 48.1 Å². The summed E-state index contributed by atoms with van der Waals surface area (Å²) >= 11 is 0. The molecule has 0 aromatic heterocycles. The lowest BCUT2D eigenvalue weighted by molar-refractivity contribution is -0.123. The number of methoxy groups -OCH3 is 1. The molecule has 152 valence electrons. The van der Waals surface area contributed by atoms with E-state index in [-0.39, 0.29) is 47.8 Å². The second-order valence-electron chi connectivity index (χ2n) is 8.10. The first-order chi connectivity index (χ1) is 14.6. The van der Waals surface area contributed by atoms with E-state index in [2.05, 4.69) is 17.5 Å². The number of hydrogen-bond donors (Lipinski definition) is 1. The molecule has 4 atom stereocenters. The van der Waals surface area contributed by atoms with Crippen molar-refractivity contribution in [1.82, 2.24) is 0 Å². The predicted octanol–water partition coefficient (Wildman–Crippen LogP) is 3.19. The molecule has 0 radical (unpaired) electrons. The summed E-state index contributed by atoms with van der Waals surface area (Å²) in [5.74, 6) is 0.211. The fourth-order valence-electron chi connectivity index (χ4n) is 5.05. The lowest BCUT2D eigenvalue weighted by Gasteiger charge is -2.17. The van der Waals surface area contributed by atoms with E-state index in [9.17, 15) is 14.4 Å². The van der Waals surface area contributed by atoms with Crippen LogP contribution in [0.1, 0.15) is 12.0 Å². The van der Waals surface area contributed by atoms with Crippen LogP contribution in [0.15, 0.2) is 60.7 Å². The van der Waals surface area contributed by atoms with E-state index in [0.29, 0.717) is 17.1 Å². The fourth-order valence-corrected chi connectivity index (χ4v) is 5.05. The van der Waals surface area contributed by atoms with Gasteiger partial charge in [-0.3, -0.25) is 19.3 Å². The highest BCUT2D eigenvalue weighted by Gasteiger charge is 2.59. The standard InChI is InChI=1S/C24H22N2O4/c1-30-19-5-3-2-4-18(19)25-20(27)12-14-6-10-17(11-7-14)26-23(28)21-15-8-9-16(13-15)22(21)24(26)29/h2-11,15-16,21-22H,12-13H2,1H3,(H,25,27). The maximum atomic E-state index is 12.9. The minimum Gasteiger partial charge on any atom is -0.495 e. The molecular formula is C24H22N2O4. The Kier molecular flexibility index (Phi) is 4.42. The van der Waals surface area contributed by atoms with Crippen molar-refractivity contribution < 1.29 is 19.1 Å². The van der Waals surface area contributed by atoms with Crippen molar-refractivity contribution in [3.63, 3.8) is 0 Å². The molecule has 1 saturated carbocycles. The normalized spacial score (nSPS) is 26.2. The summed E-state index contributed by atoms with van der Waals surface area (Å²) in [6, 6.07) is 14.3. The maximum absolute atomic E-state index is 12.9. The van der Waals surface area contributed by atoms with E-state index in [0.717, 1.165) is 12.0 Å². The molecule has 1 aliphatic heterocycles. The number of rotatable bonds is 5. The number of imide groups is 1. The van der Waals surface area contributed by atoms with Crippen molar-refractivity contribution in [2.45, 2.75) is 12.8 Å². The third-order valence-corrected chi connectivity index (χ3v) is 6.41. The van der Waals surface area contributed by atoms with Crippen molar-refractivity contribution in [3.8, 4) is 5.75 Å². The van der Waals surface area contributed by atoms with Gasteiger partial charge in [-0.2, -0.15) is 0 Å². The number of para-hydroxylation sites is 2. The molecule has 2 bridgehead atoms. The van der Waals surface area contributed by atoms with Gasteiger partial charge in [-0.25, -0.2) is 0 Å². The molecule has 1 saturated heterocycles. The molecule has 6 nitrogen and oxygen atoms in total. The highest BCUT2D eigenvalue weighted by molar-refractivity contribution is 6.22. The van der Waals surface area contributed by atoms with Crippen molar-refractivity contribution in [2.75, 3.05) is 17.3 Å². The molecule has 1 N–H and O–H groups in total. The number of amides is 3. The van der Waals surface area contributed by atoms with Crippen LogP contribution in [0.5, 0.6) is 5.75 Å². The van der Waals surface area contributed by atoms with Gasteiger partial charge in [-0.15, -0.1) is 0 Å². The summed E-state index contributed by atoms with van der Waals surface area (Å²) in [6.07, 6.45) is 5.27. The number of anilines is 2. The Bertz CT molecular complexity index is 1030. The molecule has 2 fully saturated rings. The van der Waals surface area contributed by atoms with Gasteiger partial charge in [0.2, 0.25) is 17.7 Å². The van der Waals surface area contributed by atoms with E-state index in [1.807, 2.05) is 12.1 Å². The number of carbonyl (C=O) groups is 3. The van der Waals surface area contributed by atoms with Crippen molar-refractivity contribution in [1.29, 1.82) is 0 Å². The first-order valence-electron chi connectivity index (χ1n) is 10.1. The molecule has 3 amide bonds. The molecule has 2 aliphatic carbocycles. The molecule has 30 heavy (non-hydrogen) atoms. The Morgan fingerprint density at radius 2 is 1.63 bits per heavy atom. The predicted molar refractivity (Wildman–Crippen MR) is 112 cm³/mol. The van der Waals surface area contributed by atoms with E-state index < -0.39 is 0 Å². The largest absolute Gasteiger partial charge is 0.495 e. The molecule has 6 heteroatoms. The topological polar surface area (TPSA) is 75.7 Å². The minimum absolute atomic E-state index is 0.0940. The second kappa shape index (κ2) is 7.13. The second-order valence-corrected chi connectivity index (χ2v) is 8.10. The lowest BCUT2D eigenvalue weighted by atomic mass is 9.85. The van der Waals surface area contributed by atoms with Gasteiger partial charge in [0.15, 0.2) is 0 Å². The van der Waals surface area contributed by atoms with Gasteiger partial charge in [-0.1, -0.05) is 36.4 Å². The van der Waals surface area contributed by atoms with Crippen LogP contribution in [-0.2, 0) is 20.8 Å². The zero-order chi connectivity index (χ0) is 20.8. The molecule has 3 aliphatic rings. The highest BCUT2D eigenvalue weighted by atomic mass is 16.5. The molecule has 2 aromatic carbocycles. The van der Waals surface area contributed by atoms with Gasteiger partial charge < -0.3 is 10.1 Å². The van der Waals surface area contributed by atoms with Crippen LogP contribution in [0.25, 0.3) is 0 Å². The van der Waals surface area contributed by atoms with Crippen LogP contribution >= 0.6 is 0 Å². The van der Waals surface area contributed by atoms with Crippen molar-refractivity contribution in [3.05, 3.63) is 66.2 Å². The molecule has 0 spiro atoms. The Hall–Kier alpha value is -3.41. The number of allylic oxidation sites excluding steroid dienone is 2. The summed E-state index contributed by atoms with van der Waals surface area (Å²) in [5, 5.41) is 2.85. The van der Waals surface area contributed by atoms with Crippen LogP contribution in [0.3, 0.4) is 0 Å². The Morgan fingerprint density at radius 1 is 1.00 bits per heavy atom. The van der Waals surface area contributed by atoms with Crippen LogP contribution in [0, 0.1) is 23.7 Å². The van der Waals surface area contributed by atoms with E-state index in [1.165, 1.54) is 4.90 Å². The number of carbonyl (C=O) groups excluding carboxylic acids is 3. The number of benzene rings is 2. The molecule has 5 rings (SSSR count). The van der Waals surface area contributed by atoms with Crippen LogP contribution in [0.4, 0.5) is 11.4 Å². The first kappa shape index (κ1) is 18.6. The summed E-state index contributed by atoms with van der Waals surface area (Å²) in [6.45, 7) is 0. The third-order valence-electron chi connectivity index (χ3n) is 6.41. The van der Waals surface area contributed by atoms with E-state index >= 15 is 0 Å². The Morgan fingerprint density at radius 3 is 2.27 bits per heavy atom. The summed E-state index contributed by atoms with van der Waals surface area (Å²) < 4.78 is 5.25. The maximum Gasteiger partial charge on any atom is 0.238 e. The number of hydrogen-bond acceptors (Lipinski definition) is 4. The first-order valence-corrected chi connectivity index (χ1v) is 10.1. The summed E-state index contributed by atoms with van der Waals surface area (Å²) in [7, 11) is 1.56. The number of ether oxygens (including phenoxy) is 1. The zero-order valence-electron chi connectivity index (χ0n) is 16.6. The Balaban J connectivity index is 1.28. The van der Waals surface area contributed by atoms with Gasteiger partial charge in [0.25, 0.3) is 0 Å². The van der Waals surface area contributed by atoms with Crippen LogP contribution in [-0.4, -0.2) is 24.8 Å². The highest BCUT2D eigenvalue weighted by Crippen LogP contribution is 2.53. The lowest BCUT2D eigenvalue weighted by Crippen LogP contribution is -2.32. The molecular weight excluding hydrogens is 380 g/mol. The number of nitrogens with one attached hydrogen (secondary N) is 1. The molecule has 2 aromatic rings. The van der Waals surface area contributed by atoms with Crippen molar-refractivity contribution >= 4 is 29.1 Å². The minimum atomic E-state index is -0.209. The van der Waals surface area contributed by atoms with Crippen LogP contribution < -0.4 is 15.0 Å². The quantitative estimate of drug-likeness (QED) is 0.616. The Labute approximate surface area is 174 Å². The van der Waals surface area contributed by atoms with Crippen molar-refractivity contribution in [2.24, 2.45) is 23.7 Å².